The van der Waals surface area contributed by atoms with Gasteiger partial charge in [-0.3, -0.25) is 0 Å². The first-order chi connectivity index (χ1) is 4.77. The van der Waals surface area contributed by atoms with Crippen molar-refractivity contribution in [2.75, 3.05) is 4.43 Å². The first kappa shape index (κ1) is 10.6. The molecule has 0 aliphatic carbocycles. The molecule has 0 N–H and O–H groups in total. The summed E-state index contributed by atoms with van der Waals surface area (Å²) in [6.45, 7) is 0. The summed E-state index contributed by atoms with van der Waals surface area (Å²) in [7, 11) is 0. The van der Waals surface area contributed by atoms with E-state index in [0.29, 0.717) is 6.42 Å². The molecule has 0 atom stereocenters. The Hall–Kier alpha value is 0.590. The topological polar surface area (TPSA) is 0 Å². The van der Waals surface area contributed by atoms with Crippen molar-refractivity contribution in [3.05, 3.63) is 0 Å². The van der Waals surface area contributed by atoms with E-state index < -0.39 is 6.43 Å². The minimum absolute atomic E-state index is 0.0846. The minimum atomic E-state index is -2.10. The molecule has 62 valence electrons. The van der Waals surface area contributed by atoms with Crippen molar-refractivity contribution < 1.29 is 8.78 Å². The summed E-state index contributed by atoms with van der Waals surface area (Å²) in [4.78, 5) is 0. The molecular formula is C7H13F2I. The fourth-order valence-corrected chi connectivity index (χ4v) is 1.29. The molecule has 0 aromatic rings. The maximum absolute atomic E-state index is 11.5. The van der Waals surface area contributed by atoms with E-state index in [0.717, 1.165) is 17.3 Å². The zero-order valence-electron chi connectivity index (χ0n) is 5.95. The molecule has 0 unspecified atom stereocenters. The average Bonchev–Trinajstić information content (AvgIpc) is 1.87. The standard InChI is InChI=1S/C7H13F2I/c8-7(9)5-3-1-2-4-6-10/h7H,1-6H2. The molecule has 0 aliphatic heterocycles. The summed E-state index contributed by atoms with van der Waals surface area (Å²) in [5.74, 6) is 0. The Morgan fingerprint density at radius 2 is 1.60 bits per heavy atom. The second-order valence-electron chi connectivity index (χ2n) is 2.28. The molecule has 0 nitrogen and oxygen atoms in total. The van der Waals surface area contributed by atoms with Gasteiger partial charge in [-0.2, -0.15) is 0 Å². The highest BCUT2D eigenvalue weighted by Crippen LogP contribution is 2.09. The van der Waals surface area contributed by atoms with E-state index in [1.165, 1.54) is 6.42 Å². The molecule has 0 fully saturated rings. The highest BCUT2D eigenvalue weighted by atomic mass is 127. The van der Waals surface area contributed by atoms with Crippen LogP contribution >= 0.6 is 22.6 Å². The van der Waals surface area contributed by atoms with E-state index in [1.54, 1.807) is 0 Å². The maximum Gasteiger partial charge on any atom is 0.238 e. The lowest BCUT2D eigenvalue weighted by atomic mass is 10.2. The molecule has 0 rings (SSSR count). The quantitative estimate of drug-likeness (QED) is 0.389. The smallest absolute Gasteiger partial charge is 0.211 e. The lowest BCUT2D eigenvalue weighted by Gasteiger charge is -1.97. The Balaban J connectivity index is 2.77. The van der Waals surface area contributed by atoms with Crippen molar-refractivity contribution in [1.82, 2.24) is 0 Å². The van der Waals surface area contributed by atoms with Gasteiger partial charge in [-0.05, 0) is 17.3 Å². The van der Waals surface area contributed by atoms with Gasteiger partial charge in [-0.15, -0.1) is 0 Å². The Kier molecular flexibility index (Phi) is 8.15. The first-order valence-corrected chi connectivity index (χ1v) is 5.14. The first-order valence-electron chi connectivity index (χ1n) is 3.61. The molecule has 0 amide bonds. The number of hydrogen-bond acceptors (Lipinski definition) is 0. The van der Waals surface area contributed by atoms with Gasteiger partial charge in [-0.1, -0.05) is 35.4 Å². The molecule has 0 bridgehead atoms. The molecule has 0 saturated heterocycles. The lowest BCUT2D eigenvalue weighted by Crippen LogP contribution is -1.89. The number of rotatable bonds is 6. The van der Waals surface area contributed by atoms with Gasteiger partial charge in [0.2, 0.25) is 6.43 Å². The summed E-state index contributed by atoms with van der Waals surface area (Å²) in [5, 5.41) is 0. The van der Waals surface area contributed by atoms with Crippen LogP contribution in [0.3, 0.4) is 0 Å². The number of unbranched alkanes of at least 4 members (excludes halogenated alkanes) is 3. The third kappa shape index (κ3) is 8.59. The third-order valence-electron chi connectivity index (χ3n) is 1.31. The Morgan fingerprint density at radius 3 is 2.10 bits per heavy atom. The number of alkyl halides is 3. The van der Waals surface area contributed by atoms with E-state index in [-0.39, 0.29) is 6.42 Å². The normalized spacial score (nSPS) is 10.8. The van der Waals surface area contributed by atoms with Gasteiger partial charge in [0.25, 0.3) is 0 Å². The van der Waals surface area contributed by atoms with Gasteiger partial charge in [0.15, 0.2) is 0 Å². The molecule has 0 aromatic heterocycles. The lowest BCUT2D eigenvalue weighted by molar-refractivity contribution is 0.134. The monoisotopic (exact) mass is 262 g/mol. The van der Waals surface area contributed by atoms with E-state index in [2.05, 4.69) is 22.6 Å². The Morgan fingerprint density at radius 1 is 1.00 bits per heavy atom. The molecular weight excluding hydrogens is 249 g/mol. The molecule has 0 radical (unpaired) electrons. The van der Waals surface area contributed by atoms with Crippen LogP contribution in [0.2, 0.25) is 0 Å². The van der Waals surface area contributed by atoms with E-state index >= 15 is 0 Å². The van der Waals surface area contributed by atoms with Crippen LogP contribution in [0, 0.1) is 0 Å². The third-order valence-corrected chi connectivity index (χ3v) is 2.07. The molecule has 0 saturated carbocycles. The maximum atomic E-state index is 11.5. The predicted octanol–water partition coefficient (Wildman–Crippen LogP) is 3.64. The molecule has 10 heavy (non-hydrogen) atoms. The summed E-state index contributed by atoms with van der Waals surface area (Å²) in [5.41, 5.74) is 0. The van der Waals surface area contributed by atoms with Crippen LogP contribution in [0.4, 0.5) is 8.78 Å². The number of halogens is 3. The summed E-state index contributed by atoms with van der Waals surface area (Å²) >= 11 is 2.30. The zero-order chi connectivity index (χ0) is 7.82. The predicted molar refractivity (Wildman–Crippen MR) is 48.0 cm³/mol. The summed E-state index contributed by atoms with van der Waals surface area (Å²) in [6, 6.07) is 0. The molecule has 0 heterocycles. The van der Waals surface area contributed by atoms with Crippen LogP contribution in [0.25, 0.3) is 0 Å². The van der Waals surface area contributed by atoms with Gasteiger partial charge in [0, 0.05) is 6.42 Å². The van der Waals surface area contributed by atoms with E-state index in [9.17, 15) is 8.78 Å². The molecule has 0 spiro atoms. The molecule has 3 heteroatoms. The van der Waals surface area contributed by atoms with Gasteiger partial charge < -0.3 is 0 Å². The number of hydrogen-bond donors (Lipinski definition) is 0. The summed E-state index contributed by atoms with van der Waals surface area (Å²) in [6.07, 6.45) is 1.92. The molecule has 0 aliphatic rings. The van der Waals surface area contributed by atoms with Crippen molar-refractivity contribution >= 4 is 22.6 Å². The van der Waals surface area contributed by atoms with Gasteiger partial charge in [0.05, 0.1) is 0 Å². The van der Waals surface area contributed by atoms with E-state index in [4.69, 9.17) is 0 Å². The Labute approximate surface area is 74.5 Å². The SMILES string of the molecule is FC(F)CCCCCCI. The van der Waals surface area contributed by atoms with Crippen molar-refractivity contribution in [3.63, 3.8) is 0 Å². The van der Waals surface area contributed by atoms with Crippen LogP contribution < -0.4 is 0 Å². The summed E-state index contributed by atoms with van der Waals surface area (Å²) < 4.78 is 24.2. The fraction of sp³-hybridized carbons (Fsp3) is 1.00. The zero-order valence-corrected chi connectivity index (χ0v) is 8.11. The van der Waals surface area contributed by atoms with Crippen LogP contribution in [0.5, 0.6) is 0 Å². The highest BCUT2D eigenvalue weighted by molar-refractivity contribution is 14.1. The van der Waals surface area contributed by atoms with Gasteiger partial charge in [0.1, 0.15) is 0 Å². The minimum Gasteiger partial charge on any atom is -0.211 e. The van der Waals surface area contributed by atoms with Gasteiger partial charge >= 0.3 is 0 Å². The highest BCUT2D eigenvalue weighted by Gasteiger charge is 1.99. The van der Waals surface area contributed by atoms with Crippen molar-refractivity contribution in [2.45, 2.75) is 38.5 Å². The average molecular weight is 262 g/mol. The molecule has 0 aromatic carbocycles. The second-order valence-corrected chi connectivity index (χ2v) is 3.36. The van der Waals surface area contributed by atoms with Crippen molar-refractivity contribution in [3.8, 4) is 0 Å². The van der Waals surface area contributed by atoms with Crippen LogP contribution in [-0.4, -0.2) is 10.9 Å². The van der Waals surface area contributed by atoms with Crippen molar-refractivity contribution in [1.29, 1.82) is 0 Å². The van der Waals surface area contributed by atoms with E-state index in [1.807, 2.05) is 0 Å². The van der Waals surface area contributed by atoms with Crippen LogP contribution in [0.1, 0.15) is 32.1 Å². The van der Waals surface area contributed by atoms with Gasteiger partial charge in [-0.25, -0.2) is 8.78 Å². The fourth-order valence-electron chi connectivity index (χ4n) is 0.747. The second kappa shape index (κ2) is 7.69. The van der Waals surface area contributed by atoms with Crippen LogP contribution in [0.15, 0.2) is 0 Å². The Bertz CT molecular complexity index is 66.6. The largest absolute Gasteiger partial charge is 0.238 e. The van der Waals surface area contributed by atoms with Crippen molar-refractivity contribution in [2.24, 2.45) is 0 Å². The van der Waals surface area contributed by atoms with Crippen LogP contribution in [-0.2, 0) is 0 Å².